The van der Waals surface area contributed by atoms with Crippen LogP contribution in [0.15, 0.2) is 12.4 Å². The summed E-state index contributed by atoms with van der Waals surface area (Å²) in [6.07, 6.45) is 3.48. The van der Waals surface area contributed by atoms with Crippen LogP contribution in [0, 0.1) is 12.8 Å². The molecular weight excluding hydrogens is 274 g/mol. The summed E-state index contributed by atoms with van der Waals surface area (Å²) >= 11 is 1.67. The van der Waals surface area contributed by atoms with Gasteiger partial charge in [-0.15, -0.1) is 11.3 Å². The number of fused-ring (bicyclic) bond motifs is 1. The first-order valence-electron chi connectivity index (χ1n) is 6.73. The van der Waals surface area contributed by atoms with E-state index in [4.69, 9.17) is 4.74 Å². The zero-order chi connectivity index (χ0) is 14.1. The largest absolute Gasteiger partial charge is 0.469 e. The normalized spacial score (nSPS) is 19.3. The van der Waals surface area contributed by atoms with Gasteiger partial charge in [-0.05, 0) is 25.8 Å². The first kappa shape index (κ1) is 13.3. The minimum Gasteiger partial charge on any atom is -0.469 e. The molecule has 0 amide bonds. The second-order valence-electron chi connectivity index (χ2n) is 5.08. The Hall–Kier alpha value is -1.69. The molecule has 0 N–H and O–H groups in total. The van der Waals surface area contributed by atoms with E-state index in [1.807, 2.05) is 0 Å². The van der Waals surface area contributed by atoms with E-state index in [0.717, 1.165) is 35.4 Å². The van der Waals surface area contributed by atoms with E-state index in [1.54, 1.807) is 17.7 Å². The highest BCUT2D eigenvalue weighted by molar-refractivity contribution is 7.18. The Morgan fingerprint density at radius 1 is 1.50 bits per heavy atom. The van der Waals surface area contributed by atoms with Crippen LogP contribution in [0.3, 0.4) is 0 Å². The number of carbonyl (C=O) groups excluding carboxylic acids is 1. The van der Waals surface area contributed by atoms with Crippen molar-refractivity contribution in [1.29, 1.82) is 0 Å². The molecule has 3 rings (SSSR count). The molecule has 0 radical (unpaired) electrons. The zero-order valence-electron chi connectivity index (χ0n) is 11.6. The highest BCUT2D eigenvalue weighted by Crippen LogP contribution is 2.32. The third-order valence-corrected chi connectivity index (χ3v) is 4.65. The maximum absolute atomic E-state index is 11.7. The molecule has 0 aliphatic carbocycles. The lowest BCUT2D eigenvalue weighted by atomic mass is 9.98. The van der Waals surface area contributed by atoms with Gasteiger partial charge in [0.05, 0.1) is 18.4 Å². The Labute approximate surface area is 121 Å². The molecule has 1 atom stereocenters. The number of methoxy groups -OCH3 is 1. The van der Waals surface area contributed by atoms with Gasteiger partial charge in [-0.25, -0.2) is 9.97 Å². The number of carbonyl (C=O) groups is 1. The molecule has 2 aromatic rings. The molecular formula is C14H17N3O2S. The second kappa shape index (κ2) is 5.36. The molecule has 0 saturated carbocycles. The van der Waals surface area contributed by atoms with Crippen LogP contribution in [0.5, 0.6) is 0 Å². The number of ether oxygens (including phenoxy) is 1. The molecule has 1 unspecified atom stereocenters. The van der Waals surface area contributed by atoms with Crippen molar-refractivity contribution >= 4 is 33.3 Å². The van der Waals surface area contributed by atoms with Gasteiger partial charge in [0.15, 0.2) is 0 Å². The Balaban J connectivity index is 1.92. The topological polar surface area (TPSA) is 55.3 Å². The molecule has 1 aliphatic heterocycles. The Bertz CT molecular complexity index is 640. The average Bonchev–Trinajstić information content (AvgIpc) is 2.86. The molecule has 0 bridgehead atoms. The SMILES string of the molecule is COC(=O)C1CCCN(c2ncnc3sc(C)cc23)C1. The number of thiophene rings is 1. The summed E-state index contributed by atoms with van der Waals surface area (Å²) in [5, 5.41) is 1.08. The lowest BCUT2D eigenvalue weighted by molar-refractivity contribution is -0.145. The van der Waals surface area contributed by atoms with Crippen LogP contribution in [0.2, 0.25) is 0 Å². The van der Waals surface area contributed by atoms with Crippen LogP contribution in [0.4, 0.5) is 5.82 Å². The minimum absolute atomic E-state index is 0.0569. The predicted molar refractivity (Wildman–Crippen MR) is 79.1 cm³/mol. The van der Waals surface area contributed by atoms with Crippen molar-refractivity contribution in [2.75, 3.05) is 25.1 Å². The summed E-state index contributed by atoms with van der Waals surface area (Å²) in [5.74, 6) is 0.757. The van der Waals surface area contributed by atoms with Gasteiger partial charge in [-0.2, -0.15) is 0 Å². The molecule has 1 fully saturated rings. The van der Waals surface area contributed by atoms with Crippen molar-refractivity contribution in [2.24, 2.45) is 5.92 Å². The molecule has 6 heteroatoms. The number of piperidine rings is 1. The van der Waals surface area contributed by atoms with E-state index in [-0.39, 0.29) is 11.9 Å². The van der Waals surface area contributed by atoms with Crippen LogP contribution >= 0.6 is 11.3 Å². The number of esters is 1. The molecule has 5 nitrogen and oxygen atoms in total. The van der Waals surface area contributed by atoms with E-state index in [1.165, 1.54) is 12.0 Å². The number of hydrogen-bond donors (Lipinski definition) is 0. The third kappa shape index (κ3) is 2.35. The first-order valence-corrected chi connectivity index (χ1v) is 7.54. The van der Waals surface area contributed by atoms with Crippen LogP contribution in [0.25, 0.3) is 10.2 Å². The van der Waals surface area contributed by atoms with Crippen molar-refractivity contribution in [1.82, 2.24) is 9.97 Å². The van der Waals surface area contributed by atoms with Crippen molar-refractivity contribution in [2.45, 2.75) is 19.8 Å². The summed E-state index contributed by atoms with van der Waals surface area (Å²) in [6, 6.07) is 2.12. The average molecular weight is 291 g/mol. The van der Waals surface area contributed by atoms with Crippen molar-refractivity contribution < 1.29 is 9.53 Å². The fourth-order valence-electron chi connectivity index (χ4n) is 2.74. The van der Waals surface area contributed by atoms with Gasteiger partial charge in [0.25, 0.3) is 0 Å². The molecule has 2 aromatic heterocycles. The Kier molecular flexibility index (Phi) is 3.56. The van der Waals surface area contributed by atoms with Gasteiger partial charge in [-0.1, -0.05) is 0 Å². The van der Waals surface area contributed by atoms with Gasteiger partial charge in [0.2, 0.25) is 0 Å². The molecule has 3 heterocycles. The lowest BCUT2D eigenvalue weighted by Gasteiger charge is -2.32. The number of hydrogen-bond acceptors (Lipinski definition) is 6. The maximum Gasteiger partial charge on any atom is 0.310 e. The van der Waals surface area contributed by atoms with Crippen LogP contribution in [-0.2, 0) is 9.53 Å². The fraction of sp³-hybridized carbons (Fsp3) is 0.500. The molecule has 20 heavy (non-hydrogen) atoms. The van der Waals surface area contributed by atoms with Gasteiger partial charge < -0.3 is 9.64 Å². The van der Waals surface area contributed by atoms with Crippen molar-refractivity contribution in [3.8, 4) is 0 Å². The Morgan fingerprint density at radius 3 is 3.15 bits per heavy atom. The van der Waals surface area contributed by atoms with Crippen molar-refractivity contribution in [3.63, 3.8) is 0 Å². The fourth-order valence-corrected chi connectivity index (χ4v) is 3.59. The van der Waals surface area contributed by atoms with Gasteiger partial charge in [0.1, 0.15) is 17.0 Å². The summed E-state index contributed by atoms with van der Waals surface area (Å²) in [7, 11) is 1.45. The van der Waals surface area contributed by atoms with E-state index >= 15 is 0 Å². The highest BCUT2D eigenvalue weighted by atomic mass is 32.1. The van der Waals surface area contributed by atoms with Crippen LogP contribution in [0.1, 0.15) is 17.7 Å². The third-order valence-electron chi connectivity index (χ3n) is 3.69. The zero-order valence-corrected chi connectivity index (χ0v) is 12.4. The van der Waals surface area contributed by atoms with Gasteiger partial charge in [0, 0.05) is 18.0 Å². The summed E-state index contributed by atoms with van der Waals surface area (Å²) in [5.41, 5.74) is 0. The highest BCUT2D eigenvalue weighted by Gasteiger charge is 2.28. The van der Waals surface area contributed by atoms with Gasteiger partial charge in [-0.3, -0.25) is 4.79 Å². The molecule has 1 aliphatic rings. The van der Waals surface area contributed by atoms with Crippen LogP contribution < -0.4 is 4.90 Å². The smallest absolute Gasteiger partial charge is 0.310 e. The standard InChI is InChI=1S/C14H17N3O2S/c1-9-6-11-12(15-8-16-13(11)20-9)17-5-3-4-10(7-17)14(18)19-2/h6,8,10H,3-5,7H2,1-2H3. The quantitative estimate of drug-likeness (QED) is 0.795. The summed E-state index contributed by atoms with van der Waals surface area (Å²) in [6.45, 7) is 3.67. The first-order chi connectivity index (χ1) is 9.69. The number of anilines is 1. The van der Waals surface area contributed by atoms with E-state index in [2.05, 4.69) is 27.9 Å². The Morgan fingerprint density at radius 2 is 2.35 bits per heavy atom. The minimum atomic E-state index is -0.124. The predicted octanol–water partition coefficient (Wildman–Crippen LogP) is 2.39. The van der Waals surface area contributed by atoms with E-state index < -0.39 is 0 Å². The number of aromatic nitrogens is 2. The number of rotatable bonds is 2. The maximum atomic E-state index is 11.7. The molecule has 0 spiro atoms. The second-order valence-corrected chi connectivity index (χ2v) is 6.32. The van der Waals surface area contributed by atoms with E-state index in [9.17, 15) is 4.79 Å². The van der Waals surface area contributed by atoms with Gasteiger partial charge >= 0.3 is 5.97 Å². The molecule has 106 valence electrons. The number of nitrogens with zero attached hydrogens (tertiary/aromatic N) is 3. The summed E-state index contributed by atoms with van der Waals surface area (Å²) < 4.78 is 4.87. The monoisotopic (exact) mass is 291 g/mol. The lowest BCUT2D eigenvalue weighted by Crippen LogP contribution is -2.39. The van der Waals surface area contributed by atoms with E-state index in [0.29, 0.717) is 6.54 Å². The molecule has 1 saturated heterocycles. The summed E-state index contributed by atoms with van der Waals surface area (Å²) in [4.78, 5) is 24.9. The van der Waals surface area contributed by atoms with Crippen LogP contribution in [-0.4, -0.2) is 36.1 Å². The van der Waals surface area contributed by atoms with Crippen molar-refractivity contribution in [3.05, 3.63) is 17.3 Å². The number of aryl methyl sites for hydroxylation is 1. The molecule has 0 aromatic carbocycles.